The van der Waals surface area contributed by atoms with Crippen molar-refractivity contribution in [1.29, 1.82) is 0 Å². The summed E-state index contributed by atoms with van der Waals surface area (Å²) in [6.45, 7) is 0. The van der Waals surface area contributed by atoms with Crippen LogP contribution < -0.4 is 15.6 Å². The summed E-state index contributed by atoms with van der Waals surface area (Å²) in [6.07, 6.45) is 1.41. The van der Waals surface area contributed by atoms with Crippen LogP contribution in [0, 0.1) is 15.9 Å². The molecule has 4 rings (SSSR count). The number of hydrazone groups is 1. The summed E-state index contributed by atoms with van der Waals surface area (Å²) in [4.78, 5) is 24.9. The average molecular weight is 533 g/mol. The van der Waals surface area contributed by atoms with Gasteiger partial charge in [0.05, 0.1) is 16.2 Å². The van der Waals surface area contributed by atoms with Gasteiger partial charge in [0.25, 0.3) is 5.69 Å². The van der Waals surface area contributed by atoms with Crippen LogP contribution in [-0.4, -0.2) is 40.2 Å². The number of furan rings is 1. The zero-order valence-electron chi connectivity index (χ0n) is 18.8. The van der Waals surface area contributed by atoms with Crippen LogP contribution in [0.2, 0.25) is 5.02 Å². The normalized spacial score (nSPS) is 10.7. The molecule has 4 aromatic rings. The lowest BCUT2D eigenvalue weighted by molar-refractivity contribution is -0.384. The van der Waals surface area contributed by atoms with Gasteiger partial charge in [-0.25, -0.2) is 9.82 Å². The van der Waals surface area contributed by atoms with Crippen molar-refractivity contribution in [3.8, 4) is 11.3 Å². The summed E-state index contributed by atoms with van der Waals surface area (Å²) in [5.74, 6) is 1.24. The Morgan fingerprint density at radius 1 is 1.08 bits per heavy atom. The lowest BCUT2D eigenvalue weighted by Crippen LogP contribution is -2.15. The van der Waals surface area contributed by atoms with Crippen LogP contribution in [0.4, 0.5) is 33.6 Å². The van der Waals surface area contributed by atoms with Gasteiger partial charge >= 0.3 is 0 Å². The molecule has 0 amide bonds. The maximum absolute atomic E-state index is 13.2. The van der Waals surface area contributed by atoms with E-state index in [2.05, 4.69) is 30.8 Å². The fraction of sp³-hybridized carbons (Fsp3) is 0.0909. The summed E-state index contributed by atoms with van der Waals surface area (Å²) in [5, 5.41) is 18.2. The van der Waals surface area contributed by atoms with Crippen LogP contribution in [0.25, 0.3) is 11.3 Å². The minimum absolute atomic E-state index is 0. The number of nitro groups is 1. The molecule has 0 radical (unpaired) electrons. The Bertz CT molecular complexity index is 1400. The molecule has 186 valence electrons. The smallest absolute Gasteiger partial charge is 0.270 e. The molecule has 0 atom stereocenters. The van der Waals surface area contributed by atoms with Gasteiger partial charge in [-0.3, -0.25) is 10.1 Å². The standard InChI is InChI=1S/C22H18ClFN8O3.ClH/c1-31(2)22-28-20(26-14-5-3-13(24)4-6-14)27-21(29-22)30-25-12-16-8-10-19(35-16)17-9-7-15(32(33)34)11-18(17)23;/h3-12H,1-2H3,(H2,26,27,28,29,30);1H. The van der Waals surface area contributed by atoms with E-state index in [0.717, 1.165) is 0 Å². The lowest BCUT2D eigenvalue weighted by atomic mass is 10.1. The summed E-state index contributed by atoms with van der Waals surface area (Å²) in [7, 11) is 3.55. The third-order valence-electron chi connectivity index (χ3n) is 4.54. The highest BCUT2D eigenvalue weighted by Crippen LogP contribution is 2.32. The van der Waals surface area contributed by atoms with E-state index in [1.54, 1.807) is 43.3 Å². The van der Waals surface area contributed by atoms with E-state index >= 15 is 0 Å². The monoisotopic (exact) mass is 532 g/mol. The molecular weight excluding hydrogens is 514 g/mol. The number of halogens is 3. The number of rotatable bonds is 8. The molecule has 0 aliphatic rings. The van der Waals surface area contributed by atoms with E-state index in [0.29, 0.717) is 28.7 Å². The Labute approximate surface area is 215 Å². The molecule has 0 fully saturated rings. The molecule has 2 heterocycles. The topological polar surface area (TPSA) is 135 Å². The number of hydrogen-bond donors (Lipinski definition) is 2. The highest BCUT2D eigenvalue weighted by molar-refractivity contribution is 6.33. The number of anilines is 4. The van der Waals surface area contributed by atoms with Crippen molar-refractivity contribution in [1.82, 2.24) is 15.0 Å². The van der Waals surface area contributed by atoms with E-state index < -0.39 is 4.92 Å². The Kier molecular flexibility index (Phi) is 8.35. The quantitative estimate of drug-likeness (QED) is 0.171. The second-order valence-electron chi connectivity index (χ2n) is 7.30. The summed E-state index contributed by atoms with van der Waals surface area (Å²) >= 11 is 6.16. The van der Waals surface area contributed by atoms with Gasteiger partial charge < -0.3 is 14.6 Å². The predicted molar refractivity (Wildman–Crippen MR) is 138 cm³/mol. The van der Waals surface area contributed by atoms with Gasteiger partial charge in [0.2, 0.25) is 17.8 Å². The number of nitro benzene ring substituents is 1. The van der Waals surface area contributed by atoms with Crippen LogP contribution in [0.5, 0.6) is 0 Å². The first-order chi connectivity index (χ1) is 16.8. The second-order valence-corrected chi connectivity index (χ2v) is 7.71. The first kappa shape index (κ1) is 26.3. The van der Waals surface area contributed by atoms with E-state index in [1.807, 2.05) is 0 Å². The van der Waals surface area contributed by atoms with E-state index in [-0.39, 0.29) is 40.8 Å². The Morgan fingerprint density at radius 3 is 2.47 bits per heavy atom. The molecule has 0 aliphatic heterocycles. The Hall–Kier alpha value is -4.29. The zero-order chi connectivity index (χ0) is 24.9. The largest absolute Gasteiger partial charge is 0.455 e. The van der Waals surface area contributed by atoms with Gasteiger partial charge in [0.1, 0.15) is 17.3 Å². The van der Waals surface area contributed by atoms with Gasteiger partial charge in [-0.15, -0.1) is 12.4 Å². The van der Waals surface area contributed by atoms with Crippen molar-refractivity contribution in [2.24, 2.45) is 5.10 Å². The molecule has 0 bridgehead atoms. The van der Waals surface area contributed by atoms with E-state index in [4.69, 9.17) is 16.0 Å². The summed E-state index contributed by atoms with van der Waals surface area (Å²) in [6, 6.07) is 13.2. The molecule has 0 saturated heterocycles. The average Bonchev–Trinajstić information content (AvgIpc) is 3.29. The molecule has 0 saturated carbocycles. The molecule has 2 aromatic carbocycles. The van der Waals surface area contributed by atoms with Crippen LogP contribution >= 0.6 is 24.0 Å². The predicted octanol–water partition coefficient (Wildman–Crippen LogP) is 5.51. The third kappa shape index (κ3) is 6.43. The first-order valence-corrected chi connectivity index (χ1v) is 10.5. The molecule has 0 spiro atoms. The fourth-order valence-corrected chi connectivity index (χ4v) is 3.14. The van der Waals surface area contributed by atoms with Crippen molar-refractivity contribution in [3.63, 3.8) is 0 Å². The second kappa shape index (κ2) is 11.4. The number of benzene rings is 2. The van der Waals surface area contributed by atoms with E-state index in [9.17, 15) is 14.5 Å². The maximum atomic E-state index is 13.2. The summed E-state index contributed by atoms with van der Waals surface area (Å²) in [5.41, 5.74) is 3.72. The van der Waals surface area contributed by atoms with Gasteiger partial charge in [-0.1, -0.05) is 11.6 Å². The maximum Gasteiger partial charge on any atom is 0.270 e. The van der Waals surface area contributed by atoms with Gasteiger partial charge in [0, 0.05) is 37.5 Å². The molecule has 0 unspecified atom stereocenters. The lowest BCUT2D eigenvalue weighted by Gasteiger charge is -2.13. The highest BCUT2D eigenvalue weighted by atomic mass is 35.5. The fourth-order valence-electron chi connectivity index (χ4n) is 2.87. The van der Waals surface area contributed by atoms with Crippen molar-refractivity contribution < 1.29 is 13.7 Å². The molecule has 14 heteroatoms. The molecule has 11 nitrogen and oxygen atoms in total. The minimum atomic E-state index is -0.523. The molecular formula is C22H19Cl2FN8O3. The number of aromatic nitrogens is 3. The third-order valence-corrected chi connectivity index (χ3v) is 4.85. The molecule has 2 aromatic heterocycles. The molecule has 36 heavy (non-hydrogen) atoms. The number of non-ortho nitro benzene ring substituents is 1. The zero-order valence-corrected chi connectivity index (χ0v) is 20.4. The van der Waals surface area contributed by atoms with Crippen molar-refractivity contribution >= 4 is 59.4 Å². The Morgan fingerprint density at radius 2 is 1.81 bits per heavy atom. The Balaban J connectivity index is 0.00000361. The number of nitrogens with one attached hydrogen (secondary N) is 2. The van der Waals surface area contributed by atoms with Crippen molar-refractivity contribution in [3.05, 3.63) is 81.3 Å². The van der Waals surface area contributed by atoms with Crippen LogP contribution in [0.1, 0.15) is 5.76 Å². The number of hydrogen-bond acceptors (Lipinski definition) is 10. The minimum Gasteiger partial charge on any atom is -0.455 e. The van der Waals surface area contributed by atoms with Crippen molar-refractivity contribution in [2.45, 2.75) is 0 Å². The van der Waals surface area contributed by atoms with Crippen molar-refractivity contribution in [2.75, 3.05) is 29.7 Å². The van der Waals surface area contributed by atoms with Gasteiger partial charge in [-0.05, 0) is 42.5 Å². The first-order valence-electron chi connectivity index (χ1n) is 10.1. The van der Waals surface area contributed by atoms with Crippen LogP contribution in [0.15, 0.2) is 64.1 Å². The molecule has 2 N–H and O–H groups in total. The van der Waals surface area contributed by atoms with Gasteiger partial charge in [0.15, 0.2) is 0 Å². The SMILES string of the molecule is CN(C)c1nc(NN=Cc2ccc(-c3ccc([N+](=O)[O-])cc3Cl)o2)nc(Nc2ccc(F)cc2)n1.Cl. The van der Waals surface area contributed by atoms with E-state index in [1.165, 1.54) is 36.5 Å². The summed E-state index contributed by atoms with van der Waals surface area (Å²) < 4.78 is 18.9. The van der Waals surface area contributed by atoms with Gasteiger partial charge in [-0.2, -0.15) is 20.1 Å². The van der Waals surface area contributed by atoms with Crippen LogP contribution in [0.3, 0.4) is 0 Å². The van der Waals surface area contributed by atoms with Crippen LogP contribution in [-0.2, 0) is 0 Å². The molecule has 0 aliphatic carbocycles. The number of nitrogens with zero attached hydrogens (tertiary/aromatic N) is 6. The highest BCUT2D eigenvalue weighted by Gasteiger charge is 2.13.